The fourth-order valence-corrected chi connectivity index (χ4v) is 3.59. The number of ether oxygens (including phenoxy) is 1. The Labute approximate surface area is 170 Å². The van der Waals surface area contributed by atoms with E-state index in [2.05, 4.69) is 51.0 Å². The maximum absolute atomic E-state index is 12.7. The van der Waals surface area contributed by atoms with E-state index >= 15 is 0 Å². The van der Waals surface area contributed by atoms with Crippen LogP contribution in [-0.4, -0.2) is 47.7 Å². The lowest BCUT2D eigenvalue weighted by atomic mass is 10.1. The third kappa shape index (κ3) is 5.62. The standard InChI is InChI=1S/C21H25F2N3OS/c1-15-4-3-5-17(12-15)14-25-8-10-26(11-9-25)21(28)24-18-7-6-16(2)13-19(18)27-20(22)23/h3-7,12-13,20H,8-11,14H2,1-2H3,(H,24,28). The summed E-state index contributed by atoms with van der Waals surface area (Å²) in [4.78, 5) is 4.46. The number of hydrogen-bond donors (Lipinski definition) is 1. The van der Waals surface area contributed by atoms with Crippen LogP contribution in [-0.2, 0) is 6.54 Å². The van der Waals surface area contributed by atoms with E-state index in [0.717, 1.165) is 38.3 Å². The highest BCUT2D eigenvalue weighted by molar-refractivity contribution is 7.80. The molecule has 0 amide bonds. The van der Waals surface area contributed by atoms with E-state index in [0.29, 0.717) is 10.8 Å². The van der Waals surface area contributed by atoms with Gasteiger partial charge in [-0.3, -0.25) is 4.90 Å². The second-order valence-electron chi connectivity index (χ2n) is 7.06. The molecule has 1 aliphatic rings. The summed E-state index contributed by atoms with van der Waals surface area (Å²) < 4.78 is 30.0. The monoisotopic (exact) mass is 405 g/mol. The first-order chi connectivity index (χ1) is 13.4. The smallest absolute Gasteiger partial charge is 0.387 e. The van der Waals surface area contributed by atoms with Crippen LogP contribution in [0.25, 0.3) is 0 Å². The van der Waals surface area contributed by atoms with Crippen LogP contribution in [0.2, 0.25) is 0 Å². The third-order valence-corrected chi connectivity index (χ3v) is 5.10. The van der Waals surface area contributed by atoms with Gasteiger partial charge in [0.2, 0.25) is 0 Å². The molecule has 0 radical (unpaired) electrons. The van der Waals surface area contributed by atoms with Gasteiger partial charge in [0.15, 0.2) is 5.11 Å². The van der Waals surface area contributed by atoms with Gasteiger partial charge in [0.25, 0.3) is 0 Å². The summed E-state index contributed by atoms with van der Waals surface area (Å²) in [5, 5.41) is 3.59. The van der Waals surface area contributed by atoms with Crippen LogP contribution in [0, 0.1) is 13.8 Å². The molecule has 1 heterocycles. The molecule has 0 aliphatic carbocycles. The maximum atomic E-state index is 12.7. The minimum absolute atomic E-state index is 0.107. The van der Waals surface area contributed by atoms with Crippen LogP contribution in [0.15, 0.2) is 42.5 Å². The molecule has 150 valence electrons. The lowest BCUT2D eigenvalue weighted by molar-refractivity contribution is -0.0493. The van der Waals surface area contributed by atoms with Gasteiger partial charge in [-0.25, -0.2) is 0 Å². The third-order valence-electron chi connectivity index (χ3n) is 4.74. The number of aryl methyl sites for hydroxylation is 2. The highest BCUT2D eigenvalue weighted by Gasteiger charge is 2.20. The number of benzene rings is 2. The molecule has 3 rings (SSSR count). The van der Waals surface area contributed by atoms with Gasteiger partial charge in [0.1, 0.15) is 5.75 Å². The fourth-order valence-electron chi connectivity index (χ4n) is 3.30. The largest absolute Gasteiger partial charge is 0.433 e. The summed E-state index contributed by atoms with van der Waals surface area (Å²) in [6, 6.07) is 13.7. The number of hydrogen-bond acceptors (Lipinski definition) is 3. The van der Waals surface area contributed by atoms with Gasteiger partial charge in [-0.15, -0.1) is 0 Å². The SMILES string of the molecule is Cc1cccc(CN2CCN(C(=S)Nc3ccc(C)cc3OC(F)F)CC2)c1. The van der Waals surface area contributed by atoms with Gasteiger partial charge in [-0.05, 0) is 49.3 Å². The van der Waals surface area contributed by atoms with Gasteiger partial charge in [-0.1, -0.05) is 35.9 Å². The van der Waals surface area contributed by atoms with Crippen LogP contribution in [0.1, 0.15) is 16.7 Å². The van der Waals surface area contributed by atoms with Crippen LogP contribution in [0.3, 0.4) is 0 Å². The summed E-state index contributed by atoms with van der Waals surface area (Å²) >= 11 is 5.50. The first kappa shape index (κ1) is 20.5. The van der Waals surface area contributed by atoms with E-state index in [1.54, 1.807) is 12.1 Å². The van der Waals surface area contributed by atoms with Crippen molar-refractivity contribution >= 4 is 23.0 Å². The Balaban J connectivity index is 1.55. The molecule has 0 aromatic heterocycles. The zero-order chi connectivity index (χ0) is 20.1. The number of nitrogens with one attached hydrogen (secondary N) is 1. The van der Waals surface area contributed by atoms with Crippen LogP contribution in [0.5, 0.6) is 5.75 Å². The first-order valence-electron chi connectivity index (χ1n) is 9.30. The van der Waals surface area contributed by atoms with Gasteiger partial charge in [0, 0.05) is 32.7 Å². The van der Waals surface area contributed by atoms with Crippen molar-refractivity contribution in [2.45, 2.75) is 27.0 Å². The average Bonchev–Trinajstić information content (AvgIpc) is 2.64. The molecule has 2 aromatic rings. The molecule has 0 spiro atoms. The summed E-state index contributed by atoms with van der Waals surface area (Å²) in [5.41, 5.74) is 3.87. The van der Waals surface area contributed by atoms with Crippen LogP contribution >= 0.6 is 12.2 Å². The van der Waals surface area contributed by atoms with Crippen molar-refractivity contribution in [3.8, 4) is 5.75 Å². The molecule has 1 saturated heterocycles. The van der Waals surface area contributed by atoms with E-state index in [-0.39, 0.29) is 5.75 Å². The number of nitrogens with zero attached hydrogens (tertiary/aromatic N) is 2. The van der Waals surface area contributed by atoms with Crippen LogP contribution in [0.4, 0.5) is 14.5 Å². The molecule has 1 aliphatic heterocycles. The minimum atomic E-state index is -2.87. The zero-order valence-corrected chi connectivity index (χ0v) is 16.9. The Morgan fingerprint density at radius 3 is 2.46 bits per heavy atom. The molecule has 0 atom stereocenters. The van der Waals surface area contributed by atoms with Crippen molar-refractivity contribution in [1.82, 2.24) is 9.80 Å². The molecular weight excluding hydrogens is 380 g/mol. The lowest BCUT2D eigenvalue weighted by Crippen LogP contribution is -2.49. The summed E-state index contributed by atoms with van der Waals surface area (Å²) in [6.45, 7) is 5.33. The predicted molar refractivity (Wildman–Crippen MR) is 112 cm³/mol. The second-order valence-corrected chi connectivity index (χ2v) is 7.45. The number of piperazine rings is 1. The van der Waals surface area contributed by atoms with Gasteiger partial charge >= 0.3 is 6.61 Å². The highest BCUT2D eigenvalue weighted by Crippen LogP contribution is 2.28. The molecule has 2 aromatic carbocycles. The van der Waals surface area contributed by atoms with Crippen molar-refractivity contribution in [2.24, 2.45) is 0 Å². The average molecular weight is 406 g/mol. The summed E-state index contributed by atoms with van der Waals surface area (Å²) in [6.07, 6.45) is 0. The van der Waals surface area contributed by atoms with E-state index < -0.39 is 6.61 Å². The number of rotatable bonds is 5. The number of alkyl halides is 2. The molecule has 0 unspecified atom stereocenters. The zero-order valence-electron chi connectivity index (χ0n) is 16.1. The van der Waals surface area contributed by atoms with E-state index in [1.165, 1.54) is 11.1 Å². The topological polar surface area (TPSA) is 27.7 Å². The van der Waals surface area contributed by atoms with Crippen molar-refractivity contribution in [1.29, 1.82) is 0 Å². The van der Waals surface area contributed by atoms with E-state index in [9.17, 15) is 8.78 Å². The molecule has 7 heteroatoms. The lowest BCUT2D eigenvalue weighted by Gasteiger charge is -2.36. The number of halogens is 2. The predicted octanol–water partition coefficient (Wildman–Crippen LogP) is 4.42. The van der Waals surface area contributed by atoms with Gasteiger partial charge in [0.05, 0.1) is 5.69 Å². The Bertz CT molecular complexity index is 823. The molecule has 0 saturated carbocycles. The molecule has 0 bridgehead atoms. The summed E-state index contributed by atoms with van der Waals surface area (Å²) in [5.74, 6) is 0.107. The fraction of sp³-hybridized carbons (Fsp3) is 0.381. The van der Waals surface area contributed by atoms with Crippen molar-refractivity contribution in [3.05, 3.63) is 59.2 Å². The normalized spacial score (nSPS) is 15.0. The number of anilines is 1. The Kier molecular flexibility index (Phi) is 6.80. The minimum Gasteiger partial charge on any atom is -0.433 e. The van der Waals surface area contributed by atoms with Crippen molar-refractivity contribution in [2.75, 3.05) is 31.5 Å². The Morgan fingerprint density at radius 2 is 1.79 bits per heavy atom. The van der Waals surface area contributed by atoms with E-state index in [1.807, 2.05) is 13.0 Å². The van der Waals surface area contributed by atoms with E-state index in [4.69, 9.17) is 12.2 Å². The van der Waals surface area contributed by atoms with Crippen LogP contribution < -0.4 is 10.1 Å². The van der Waals surface area contributed by atoms with Gasteiger partial charge < -0.3 is 15.0 Å². The van der Waals surface area contributed by atoms with Crippen molar-refractivity contribution in [3.63, 3.8) is 0 Å². The maximum Gasteiger partial charge on any atom is 0.387 e. The Morgan fingerprint density at radius 1 is 1.07 bits per heavy atom. The summed E-state index contributed by atoms with van der Waals surface area (Å²) in [7, 11) is 0. The second kappa shape index (κ2) is 9.30. The van der Waals surface area contributed by atoms with Crippen molar-refractivity contribution < 1.29 is 13.5 Å². The number of thiocarbonyl (C=S) groups is 1. The Hall–Kier alpha value is -2.25. The molecule has 28 heavy (non-hydrogen) atoms. The molecule has 1 fully saturated rings. The quantitative estimate of drug-likeness (QED) is 0.744. The highest BCUT2D eigenvalue weighted by atomic mass is 32.1. The molecule has 1 N–H and O–H groups in total. The first-order valence-corrected chi connectivity index (χ1v) is 9.71. The molecular formula is C21H25F2N3OS. The molecule has 4 nitrogen and oxygen atoms in total. The van der Waals surface area contributed by atoms with Gasteiger partial charge in [-0.2, -0.15) is 8.78 Å².